The standard InChI is InChI=1S/C13H8BrCl2NOS/c14-10-6-8(2-3-9(10)13(17)19)18-12-4-1-7(15)5-11(12)16/h1-6H,(H2,17,19). The first-order valence-electron chi connectivity index (χ1n) is 5.19. The predicted octanol–water partition coefficient (Wildman–Crippen LogP) is 5.18. The van der Waals surface area contributed by atoms with Gasteiger partial charge in [-0.1, -0.05) is 35.4 Å². The van der Waals surface area contributed by atoms with Crippen molar-refractivity contribution in [2.75, 3.05) is 0 Å². The average molecular weight is 377 g/mol. The third-order valence-corrected chi connectivity index (χ3v) is 3.73. The Morgan fingerprint density at radius 2 is 1.89 bits per heavy atom. The quantitative estimate of drug-likeness (QED) is 0.749. The van der Waals surface area contributed by atoms with E-state index in [1.165, 1.54) is 0 Å². The molecule has 0 saturated carbocycles. The normalized spacial score (nSPS) is 10.3. The van der Waals surface area contributed by atoms with Crippen LogP contribution in [0.5, 0.6) is 11.5 Å². The van der Waals surface area contributed by atoms with Crippen molar-refractivity contribution < 1.29 is 4.74 Å². The zero-order valence-corrected chi connectivity index (χ0v) is 13.4. The van der Waals surface area contributed by atoms with Gasteiger partial charge in [0, 0.05) is 15.1 Å². The van der Waals surface area contributed by atoms with E-state index >= 15 is 0 Å². The molecule has 0 unspecified atom stereocenters. The van der Waals surface area contributed by atoms with Crippen molar-refractivity contribution in [3.05, 3.63) is 56.5 Å². The molecule has 2 aromatic rings. The number of thiocarbonyl (C=S) groups is 1. The Labute approximate surface area is 134 Å². The van der Waals surface area contributed by atoms with Gasteiger partial charge in [-0.15, -0.1) is 0 Å². The minimum Gasteiger partial charge on any atom is -0.456 e. The molecule has 0 aliphatic heterocycles. The van der Waals surface area contributed by atoms with Gasteiger partial charge in [0.25, 0.3) is 0 Å². The van der Waals surface area contributed by atoms with Crippen molar-refractivity contribution >= 4 is 56.3 Å². The molecule has 2 aromatic carbocycles. The average Bonchev–Trinajstić information content (AvgIpc) is 2.32. The molecule has 2 rings (SSSR count). The molecule has 0 aliphatic rings. The maximum Gasteiger partial charge on any atom is 0.146 e. The molecule has 6 heteroatoms. The minimum atomic E-state index is 0.322. The molecule has 0 fully saturated rings. The van der Waals surface area contributed by atoms with E-state index in [4.69, 9.17) is 45.9 Å². The smallest absolute Gasteiger partial charge is 0.146 e. The van der Waals surface area contributed by atoms with Crippen LogP contribution >= 0.6 is 51.3 Å². The van der Waals surface area contributed by atoms with Crippen molar-refractivity contribution in [1.29, 1.82) is 0 Å². The number of halogens is 3. The maximum absolute atomic E-state index is 6.04. The van der Waals surface area contributed by atoms with Gasteiger partial charge in [-0.3, -0.25) is 0 Å². The zero-order valence-electron chi connectivity index (χ0n) is 9.49. The largest absolute Gasteiger partial charge is 0.456 e. The van der Waals surface area contributed by atoms with Crippen LogP contribution in [0.25, 0.3) is 0 Å². The summed E-state index contributed by atoms with van der Waals surface area (Å²) in [4.78, 5) is 0.322. The Morgan fingerprint density at radius 3 is 2.47 bits per heavy atom. The third-order valence-electron chi connectivity index (χ3n) is 2.33. The summed E-state index contributed by atoms with van der Waals surface area (Å²) in [5.74, 6) is 1.15. The Hall–Kier alpha value is -0.810. The Bertz CT molecular complexity index is 649. The first-order valence-corrected chi connectivity index (χ1v) is 7.15. The highest BCUT2D eigenvalue weighted by atomic mass is 79.9. The molecular formula is C13H8BrCl2NOS. The van der Waals surface area contributed by atoms with Gasteiger partial charge in [-0.2, -0.15) is 0 Å². The Balaban J connectivity index is 2.29. The molecule has 0 spiro atoms. The lowest BCUT2D eigenvalue weighted by Gasteiger charge is -2.09. The lowest BCUT2D eigenvalue weighted by molar-refractivity contribution is 0.482. The van der Waals surface area contributed by atoms with Crippen LogP contribution < -0.4 is 10.5 Å². The van der Waals surface area contributed by atoms with E-state index in [1.807, 2.05) is 0 Å². The van der Waals surface area contributed by atoms with E-state index in [-0.39, 0.29) is 0 Å². The van der Waals surface area contributed by atoms with E-state index in [0.717, 1.165) is 10.0 Å². The molecule has 19 heavy (non-hydrogen) atoms. The fourth-order valence-electron chi connectivity index (χ4n) is 1.44. The van der Waals surface area contributed by atoms with Crippen molar-refractivity contribution in [2.45, 2.75) is 0 Å². The van der Waals surface area contributed by atoms with E-state index in [2.05, 4.69) is 15.9 Å². The fraction of sp³-hybridized carbons (Fsp3) is 0. The predicted molar refractivity (Wildman–Crippen MR) is 86.6 cm³/mol. The lowest BCUT2D eigenvalue weighted by Crippen LogP contribution is -2.09. The monoisotopic (exact) mass is 375 g/mol. The Kier molecular flexibility index (Phi) is 4.68. The molecule has 0 radical (unpaired) electrons. The molecule has 98 valence electrons. The summed E-state index contributed by atoms with van der Waals surface area (Å²) in [5.41, 5.74) is 6.34. The van der Waals surface area contributed by atoms with Crippen LogP contribution in [0.1, 0.15) is 5.56 Å². The van der Waals surface area contributed by atoms with Gasteiger partial charge in [0.1, 0.15) is 16.5 Å². The summed E-state index contributed by atoms with van der Waals surface area (Å²) >= 11 is 20.2. The molecule has 0 atom stereocenters. The first-order chi connectivity index (χ1) is 8.97. The number of rotatable bonds is 3. The minimum absolute atomic E-state index is 0.322. The summed E-state index contributed by atoms with van der Waals surface area (Å²) in [5, 5.41) is 1.00. The molecule has 0 heterocycles. The molecule has 0 amide bonds. The Morgan fingerprint density at radius 1 is 1.16 bits per heavy atom. The lowest BCUT2D eigenvalue weighted by atomic mass is 10.2. The van der Waals surface area contributed by atoms with E-state index in [1.54, 1.807) is 36.4 Å². The van der Waals surface area contributed by atoms with Gasteiger partial charge in [0.2, 0.25) is 0 Å². The summed E-state index contributed by atoms with van der Waals surface area (Å²) in [6, 6.07) is 10.4. The highest BCUT2D eigenvalue weighted by molar-refractivity contribution is 9.10. The van der Waals surface area contributed by atoms with Crippen LogP contribution in [0.4, 0.5) is 0 Å². The highest BCUT2D eigenvalue weighted by Crippen LogP contribution is 2.33. The van der Waals surface area contributed by atoms with Gasteiger partial charge < -0.3 is 10.5 Å². The van der Waals surface area contributed by atoms with Crippen LogP contribution in [-0.2, 0) is 0 Å². The van der Waals surface area contributed by atoms with E-state index < -0.39 is 0 Å². The second-order valence-electron chi connectivity index (χ2n) is 3.68. The molecule has 0 aliphatic carbocycles. The topological polar surface area (TPSA) is 35.2 Å². The molecule has 0 aromatic heterocycles. The zero-order chi connectivity index (χ0) is 14.0. The van der Waals surface area contributed by atoms with Crippen LogP contribution in [0.3, 0.4) is 0 Å². The van der Waals surface area contributed by atoms with Crippen LogP contribution in [0.15, 0.2) is 40.9 Å². The van der Waals surface area contributed by atoms with Gasteiger partial charge >= 0.3 is 0 Å². The van der Waals surface area contributed by atoms with Crippen molar-refractivity contribution in [3.8, 4) is 11.5 Å². The molecule has 2 nitrogen and oxygen atoms in total. The fourth-order valence-corrected chi connectivity index (χ4v) is 2.77. The van der Waals surface area contributed by atoms with Gasteiger partial charge in [-0.25, -0.2) is 0 Å². The highest BCUT2D eigenvalue weighted by Gasteiger charge is 2.07. The van der Waals surface area contributed by atoms with Crippen molar-refractivity contribution in [3.63, 3.8) is 0 Å². The first kappa shape index (κ1) is 14.6. The molecule has 2 N–H and O–H groups in total. The second-order valence-corrected chi connectivity index (χ2v) is 5.82. The van der Waals surface area contributed by atoms with Crippen LogP contribution in [0.2, 0.25) is 10.0 Å². The second kappa shape index (κ2) is 6.09. The molecular weight excluding hydrogens is 369 g/mol. The van der Waals surface area contributed by atoms with E-state index in [9.17, 15) is 0 Å². The summed E-state index contributed by atoms with van der Waals surface area (Å²) in [7, 11) is 0. The van der Waals surface area contributed by atoms with Gasteiger partial charge in [-0.05, 0) is 52.3 Å². The summed E-state index contributed by atoms with van der Waals surface area (Å²) < 4.78 is 6.44. The van der Waals surface area contributed by atoms with Gasteiger partial charge in [0.05, 0.1) is 5.02 Å². The number of hydrogen-bond donors (Lipinski definition) is 1. The van der Waals surface area contributed by atoms with Gasteiger partial charge in [0.15, 0.2) is 0 Å². The summed E-state index contributed by atoms with van der Waals surface area (Å²) in [6.07, 6.45) is 0. The number of benzene rings is 2. The third kappa shape index (κ3) is 3.60. The van der Waals surface area contributed by atoms with Crippen LogP contribution in [0, 0.1) is 0 Å². The van der Waals surface area contributed by atoms with Crippen molar-refractivity contribution in [1.82, 2.24) is 0 Å². The summed E-state index contributed by atoms with van der Waals surface area (Å²) in [6.45, 7) is 0. The van der Waals surface area contributed by atoms with Crippen molar-refractivity contribution in [2.24, 2.45) is 5.73 Å². The molecule has 0 saturated heterocycles. The van der Waals surface area contributed by atoms with Crippen LogP contribution in [-0.4, -0.2) is 4.99 Å². The maximum atomic E-state index is 6.04. The number of nitrogens with two attached hydrogens (primary N) is 1. The molecule has 0 bridgehead atoms. The number of hydrogen-bond acceptors (Lipinski definition) is 2. The number of ether oxygens (including phenoxy) is 1. The van der Waals surface area contributed by atoms with E-state index in [0.29, 0.717) is 26.5 Å². The SMILES string of the molecule is NC(=S)c1ccc(Oc2ccc(Cl)cc2Cl)cc1Br.